The number of benzene rings is 2. The minimum atomic E-state index is -0.441. The molecule has 2 heterocycles. The van der Waals surface area contributed by atoms with Gasteiger partial charge in [-0.2, -0.15) is 0 Å². The van der Waals surface area contributed by atoms with Crippen LogP contribution in [0.5, 0.6) is 0 Å². The van der Waals surface area contributed by atoms with Crippen molar-refractivity contribution in [2.75, 3.05) is 12.4 Å². The molecule has 0 radical (unpaired) electrons. The molecule has 0 atom stereocenters. The number of fused-ring (bicyclic) bond motifs is 1. The quantitative estimate of drug-likeness (QED) is 0.480. The van der Waals surface area contributed by atoms with Gasteiger partial charge < -0.3 is 19.0 Å². The van der Waals surface area contributed by atoms with Crippen molar-refractivity contribution in [2.45, 2.75) is 20.4 Å². The predicted molar refractivity (Wildman–Crippen MR) is 115 cm³/mol. The number of carbonyl (C=O) groups is 2. The Hall–Kier alpha value is -3.80. The van der Waals surface area contributed by atoms with E-state index in [0.29, 0.717) is 29.1 Å². The standard InChI is InChI=1S/C24H22N2O4/c1-15-6-4-5-7-17(15)14-26-20-10-11-30-22(20)13-21(26)23(27)25-18-9-8-16(2)19(12-18)24(28)29-3/h4-13H,14H2,1-3H3,(H,25,27). The third kappa shape index (κ3) is 3.59. The number of amides is 1. The number of aromatic nitrogens is 1. The van der Waals surface area contributed by atoms with Crippen LogP contribution in [0.3, 0.4) is 0 Å². The van der Waals surface area contributed by atoms with E-state index in [1.807, 2.05) is 48.7 Å². The summed E-state index contributed by atoms with van der Waals surface area (Å²) in [6.07, 6.45) is 1.61. The summed E-state index contributed by atoms with van der Waals surface area (Å²) >= 11 is 0. The molecule has 152 valence electrons. The van der Waals surface area contributed by atoms with E-state index in [9.17, 15) is 9.59 Å². The van der Waals surface area contributed by atoms with Crippen molar-refractivity contribution in [1.29, 1.82) is 0 Å². The van der Waals surface area contributed by atoms with Gasteiger partial charge in [0, 0.05) is 24.4 Å². The summed E-state index contributed by atoms with van der Waals surface area (Å²) in [7, 11) is 1.33. The zero-order chi connectivity index (χ0) is 21.3. The molecule has 1 amide bonds. The van der Waals surface area contributed by atoms with Gasteiger partial charge in [0.05, 0.1) is 24.5 Å². The van der Waals surface area contributed by atoms with Gasteiger partial charge >= 0.3 is 5.97 Å². The van der Waals surface area contributed by atoms with Crippen LogP contribution < -0.4 is 5.32 Å². The number of methoxy groups -OCH3 is 1. The molecule has 0 aliphatic carbocycles. The molecule has 0 saturated carbocycles. The van der Waals surface area contributed by atoms with Gasteiger partial charge in [-0.15, -0.1) is 0 Å². The van der Waals surface area contributed by atoms with Crippen LogP contribution in [-0.4, -0.2) is 23.6 Å². The lowest BCUT2D eigenvalue weighted by molar-refractivity contribution is 0.0599. The number of furan rings is 1. The molecule has 4 aromatic rings. The highest BCUT2D eigenvalue weighted by atomic mass is 16.5. The van der Waals surface area contributed by atoms with Gasteiger partial charge in [-0.05, 0) is 42.7 Å². The van der Waals surface area contributed by atoms with Gasteiger partial charge in [-0.1, -0.05) is 30.3 Å². The fourth-order valence-corrected chi connectivity index (χ4v) is 3.52. The molecule has 0 aliphatic rings. The monoisotopic (exact) mass is 402 g/mol. The molecule has 6 heteroatoms. The molecule has 0 saturated heterocycles. The van der Waals surface area contributed by atoms with Crippen LogP contribution in [0.1, 0.15) is 37.5 Å². The van der Waals surface area contributed by atoms with Gasteiger partial charge in [0.1, 0.15) is 5.69 Å². The maximum atomic E-state index is 13.1. The van der Waals surface area contributed by atoms with Gasteiger partial charge in [0.15, 0.2) is 5.58 Å². The number of hydrogen-bond acceptors (Lipinski definition) is 4. The molecule has 6 nitrogen and oxygen atoms in total. The Kier molecular flexibility index (Phi) is 5.14. The van der Waals surface area contributed by atoms with E-state index in [1.165, 1.54) is 7.11 Å². The lowest BCUT2D eigenvalue weighted by atomic mass is 10.1. The summed E-state index contributed by atoms with van der Waals surface area (Å²) < 4.78 is 12.3. The number of nitrogens with one attached hydrogen (secondary N) is 1. The maximum absolute atomic E-state index is 13.1. The first-order chi connectivity index (χ1) is 14.5. The Morgan fingerprint density at radius 2 is 1.83 bits per heavy atom. The highest BCUT2D eigenvalue weighted by Crippen LogP contribution is 2.25. The lowest BCUT2D eigenvalue weighted by Crippen LogP contribution is -2.18. The lowest BCUT2D eigenvalue weighted by Gasteiger charge is -2.13. The number of hydrogen-bond donors (Lipinski definition) is 1. The molecule has 0 aliphatic heterocycles. The number of nitrogens with zero attached hydrogens (tertiary/aromatic N) is 1. The van der Waals surface area contributed by atoms with Crippen LogP contribution >= 0.6 is 0 Å². The Balaban J connectivity index is 1.68. The third-order valence-electron chi connectivity index (χ3n) is 5.25. The van der Waals surface area contributed by atoms with Crippen LogP contribution in [0.15, 0.2) is 65.3 Å². The van der Waals surface area contributed by atoms with Crippen molar-refractivity contribution >= 4 is 28.7 Å². The molecule has 30 heavy (non-hydrogen) atoms. The summed E-state index contributed by atoms with van der Waals surface area (Å²) in [5.41, 5.74) is 5.96. The van der Waals surface area contributed by atoms with E-state index in [1.54, 1.807) is 30.5 Å². The highest BCUT2D eigenvalue weighted by molar-refractivity contribution is 6.06. The largest absolute Gasteiger partial charge is 0.465 e. The summed E-state index contributed by atoms with van der Waals surface area (Å²) in [6.45, 7) is 4.41. The van der Waals surface area contributed by atoms with Gasteiger partial charge in [0.25, 0.3) is 5.91 Å². The average Bonchev–Trinajstić information content (AvgIpc) is 3.33. The molecule has 0 spiro atoms. The Morgan fingerprint density at radius 1 is 1.03 bits per heavy atom. The second-order valence-corrected chi connectivity index (χ2v) is 7.19. The summed E-state index contributed by atoms with van der Waals surface area (Å²) in [5, 5.41) is 2.89. The fourth-order valence-electron chi connectivity index (χ4n) is 3.52. The topological polar surface area (TPSA) is 73.5 Å². The van der Waals surface area contributed by atoms with Crippen molar-refractivity contribution in [2.24, 2.45) is 0 Å². The summed E-state index contributed by atoms with van der Waals surface area (Å²) in [6, 6.07) is 16.8. The SMILES string of the molecule is COC(=O)c1cc(NC(=O)c2cc3occc3n2Cc2ccccc2C)ccc1C. The Morgan fingerprint density at radius 3 is 2.60 bits per heavy atom. The Labute approximate surface area is 174 Å². The number of aryl methyl sites for hydroxylation is 2. The van der Waals surface area contributed by atoms with E-state index < -0.39 is 5.97 Å². The third-order valence-corrected chi connectivity index (χ3v) is 5.25. The maximum Gasteiger partial charge on any atom is 0.338 e. The molecule has 2 aromatic carbocycles. The highest BCUT2D eigenvalue weighted by Gasteiger charge is 2.19. The van der Waals surface area contributed by atoms with Crippen molar-refractivity contribution < 1.29 is 18.7 Å². The number of carbonyl (C=O) groups excluding carboxylic acids is 2. The minimum absolute atomic E-state index is 0.283. The Bertz CT molecular complexity index is 1250. The molecule has 4 rings (SSSR count). The van der Waals surface area contributed by atoms with Crippen LogP contribution in [0, 0.1) is 13.8 Å². The zero-order valence-electron chi connectivity index (χ0n) is 17.1. The molecular formula is C24H22N2O4. The van der Waals surface area contributed by atoms with E-state index >= 15 is 0 Å². The van der Waals surface area contributed by atoms with Gasteiger partial charge in [-0.25, -0.2) is 4.79 Å². The number of esters is 1. The van der Waals surface area contributed by atoms with Crippen molar-refractivity contribution in [3.63, 3.8) is 0 Å². The number of anilines is 1. The molecule has 0 unspecified atom stereocenters. The van der Waals surface area contributed by atoms with E-state index in [2.05, 4.69) is 5.32 Å². The molecular weight excluding hydrogens is 380 g/mol. The number of ether oxygens (including phenoxy) is 1. The minimum Gasteiger partial charge on any atom is -0.465 e. The molecule has 0 fully saturated rings. The first-order valence-corrected chi connectivity index (χ1v) is 9.59. The summed E-state index contributed by atoms with van der Waals surface area (Å²) in [5.74, 6) is -0.723. The normalized spacial score (nSPS) is 10.9. The van der Waals surface area contributed by atoms with Crippen LogP contribution in [0.4, 0.5) is 5.69 Å². The second kappa shape index (κ2) is 7.91. The summed E-state index contributed by atoms with van der Waals surface area (Å²) in [4.78, 5) is 25.1. The predicted octanol–water partition coefficient (Wildman–Crippen LogP) is 4.94. The fraction of sp³-hybridized carbons (Fsp3) is 0.167. The van der Waals surface area contributed by atoms with Gasteiger partial charge in [0.2, 0.25) is 0 Å². The van der Waals surface area contributed by atoms with Crippen molar-refractivity contribution in [3.8, 4) is 0 Å². The molecule has 0 bridgehead atoms. The van der Waals surface area contributed by atoms with E-state index in [-0.39, 0.29) is 5.91 Å². The first kappa shape index (κ1) is 19.5. The first-order valence-electron chi connectivity index (χ1n) is 9.59. The molecule has 1 N–H and O–H groups in total. The van der Waals surface area contributed by atoms with Crippen LogP contribution in [0.2, 0.25) is 0 Å². The van der Waals surface area contributed by atoms with E-state index in [4.69, 9.17) is 9.15 Å². The number of rotatable bonds is 5. The van der Waals surface area contributed by atoms with Crippen LogP contribution in [-0.2, 0) is 11.3 Å². The average molecular weight is 402 g/mol. The molecule has 2 aromatic heterocycles. The van der Waals surface area contributed by atoms with E-state index in [0.717, 1.165) is 22.2 Å². The second-order valence-electron chi connectivity index (χ2n) is 7.19. The van der Waals surface area contributed by atoms with Crippen molar-refractivity contribution in [1.82, 2.24) is 4.57 Å². The van der Waals surface area contributed by atoms with Crippen molar-refractivity contribution in [3.05, 3.63) is 88.8 Å². The smallest absolute Gasteiger partial charge is 0.338 e. The zero-order valence-corrected chi connectivity index (χ0v) is 17.1. The van der Waals surface area contributed by atoms with Gasteiger partial charge in [-0.3, -0.25) is 4.79 Å². The van der Waals surface area contributed by atoms with Crippen LogP contribution in [0.25, 0.3) is 11.1 Å².